The largest absolute Gasteiger partial charge is 0.493 e. The highest BCUT2D eigenvalue weighted by Gasteiger charge is 2.30. The van der Waals surface area contributed by atoms with Crippen molar-refractivity contribution in [2.75, 3.05) is 39.9 Å². The number of methoxy groups -OCH3 is 1. The van der Waals surface area contributed by atoms with Crippen LogP contribution in [-0.2, 0) is 14.8 Å². The maximum atomic E-state index is 13.1. The Labute approximate surface area is 192 Å². The van der Waals surface area contributed by atoms with E-state index in [1.54, 1.807) is 35.2 Å². The molecule has 0 N–H and O–H groups in total. The first-order valence-electron chi connectivity index (χ1n) is 10.4. The van der Waals surface area contributed by atoms with Crippen molar-refractivity contribution in [3.63, 3.8) is 0 Å². The van der Waals surface area contributed by atoms with Crippen molar-refractivity contribution in [3.8, 4) is 11.5 Å². The highest BCUT2D eigenvalue weighted by Crippen LogP contribution is 2.28. The van der Waals surface area contributed by atoms with Crippen molar-refractivity contribution < 1.29 is 27.5 Å². The van der Waals surface area contributed by atoms with Crippen LogP contribution in [0.3, 0.4) is 0 Å². The van der Waals surface area contributed by atoms with Crippen LogP contribution < -0.4 is 9.47 Å². The minimum absolute atomic E-state index is 0.199. The van der Waals surface area contributed by atoms with Gasteiger partial charge in [-0.05, 0) is 41.1 Å². The number of rotatable bonds is 7. The number of nitrogens with zero attached hydrogens (tertiary/aromatic N) is 2. The molecule has 1 aliphatic rings. The quantitative estimate of drug-likeness (QED) is 0.495. The normalized spacial score (nSPS) is 14.8. The maximum absolute atomic E-state index is 13.1. The predicted molar refractivity (Wildman–Crippen MR) is 123 cm³/mol. The molecule has 9 heteroatoms. The van der Waals surface area contributed by atoms with Crippen LogP contribution in [-0.4, -0.2) is 69.7 Å². The summed E-state index contributed by atoms with van der Waals surface area (Å²) in [4.78, 5) is 25.4. The highest BCUT2D eigenvalue weighted by atomic mass is 32.2. The molecule has 0 aliphatic carbocycles. The lowest BCUT2D eigenvalue weighted by molar-refractivity contribution is -0.134. The summed E-state index contributed by atoms with van der Waals surface area (Å²) in [5, 5.41) is 1.83. The molecule has 1 saturated heterocycles. The van der Waals surface area contributed by atoms with E-state index in [1.165, 1.54) is 17.5 Å². The number of aldehydes is 1. The number of hydrogen-bond acceptors (Lipinski definition) is 6. The molecule has 1 heterocycles. The molecule has 1 aliphatic heterocycles. The number of sulfonamides is 1. The number of fused-ring (bicyclic) bond motifs is 1. The molecule has 3 aromatic rings. The zero-order chi connectivity index (χ0) is 23.4. The fourth-order valence-corrected chi connectivity index (χ4v) is 5.22. The summed E-state index contributed by atoms with van der Waals surface area (Å²) in [6.45, 7) is 0.687. The summed E-state index contributed by atoms with van der Waals surface area (Å²) < 4.78 is 38.4. The first kappa shape index (κ1) is 22.8. The van der Waals surface area contributed by atoms with E-state index in [-0.39, 0.29) is 43.6 Å². The summed E-state index contributed by atoms with van der Waals surface area (Å²) in [5.41, 5.74) is 0.408. The van der Waals surface area contributed by atoms with Gasteiger partial charge in [-0.3, -0.25) is 9.59 Å². The van der Waals surface area contributed by atoms with Gasteiger partial charge in [0.05, 0.1) is 12.0 Å². The van der Waals surface area contributed by atoms with E-state index in [9.17, 15) is 18.0 Å². The van der Waals surface area contributed by atoms with E-state index in [0.717, 1.165) is 10.8 Å². The second-order valence-electron chi connectivity index (χ2n) is 7.61. The van der Waals surface area contributed by atoms with Crippen LogP contribution in [0.5, 0.6) is 11.5 Å². The highest BCUT2D eigenvalue weighted by molar-refractivity contribution is 7.89. The molecule has 33 heavy (non-hydrogen) atoms. The first-order valence-corrected chi connectivity index (χ1v) is 11.9. The van der Waals surface area contributed by atoms with Gasteiger partial charge in [-0.2, -0.15) is 4.31 Å². The zero-order valence-corrected chi connectivity index (χ0v) is 19.0. The first-order chi connectivity index (χ1) is 15.9. The smallest absolute Gasteiger partial charge is 0.260 e. The Morgan fingerprint density at radius 2 is 1.67 bits per heavy atom. The Bertz CT molecular complexity index is 1280. The lowest BCUT2D eigenvalue weighted by Crippen LogP contribution is -2.51. The van der Waals surface area contributed by atoms with Gasteiger partial charge in [0.15, 0.2) is 18.1 Å². The molecule has 0 spiro atoms. The van der Waals surface area contributed by atoms with E-state index in [0.29, 0.717) is 23.3 Å². The number of amides is 1. The average Bonchev–Trinajstić information content (AvgIpc) is 2.86. The topological polar surface area (TPSA) is 93.2 Å². The number of carbonyl (C=O) groups excluding carboxylic acids is 2. The summed E-state index contributed by atoms with van der Waals surface area (Å²) in [6.07, 6.45) is 0.684. The van der Waals surface area contributed by atoms with Crippen molar-refractivity contribution in [1.82, 2.24) is 9.21 Å². The molecule has 0 saturated carbocycles. The van der Waals surface area contributed by atoms with Gasteiger partial charge >= 0.3 is 0 Å². The Balaban J connectivity index is 1.38. The van der Waals surface area contributed by atoms with Gasteiger partial charge < -0.3 is 14.4 Å². The van der Waals surface area contributed by atoms with Gasteiger partial charge in [0.1, 0.15) is 6.29 Å². The van der Waals surface area contributed by atoms with Crippen LogP contribution in [0, 0.1) is 0 Å². The molecular formula is C24H24N2O6S. The fourth-order valence-electron chi connectivity index (χ4n) is 3.76. The molecule has 8 nitrogen and oxygen atoms in total. The number of benzene rings is 3. The van der Waals surface area contributed by atoms with Crippen LogP contribution in [0.4, 0.5) is 0 Å². The predicted octanol–water partition coefficient (Wildman–Crippen LogP) is 2.57. The molecule has 0 bridgehead atoms. The molecule has 1 fully saturated rings. The molecule has 0 radical (unpaired) electrons. The number of carbonyl (C=O) groups is 2. The van der Waals surface area contributed by atoms with Crippen LogP contribution in [0.15, 0.2) is 65.6 Å². The minimum atomic E-state index is -3.66. The van der Waals surface area contributed by atoms with E-state index in [2.05, 4.69) is 0 Å². The lowest BCUT2D eigenvalue weighted by atomic mass is 10.1. The minimum Gasteiger partial charge on any atom is -0.493 e. The molecule has 1 amide bonds. The average molecular weight is 469 g/mol. The van der Waals surface area contributed by atoms with Gasteiger partial charge in [0.2, 0.25) is 10.0 Å². The van der Waals surface area contributed by atoms with Crippen LogP contribution in [0.2, 0.25) is 0 Å². The summed E-state index contributed by atoms with van der Waals surface area (Å²) >= 11 is 0. The molecular weight excluding hydrogens is 444 g/mol. The summed E-state index contributed by atoms with van der Waals surface area (Å²) in [7, 11) is -2.19. The molecule has 3 aromatic carbocycles. The Kier molecular flexibility index (Phi) is 6.62. The van der Waals surface area contributed by atoms with E-state index < -0.39 is 10.0 Å². The van der Waals surface area contributed by atoms with Crippen molar-refractivity contribution in [2.24, 2.45) is 0 Å². The van der Waals surface area contributed by atoms with Crippen LogP contribution in [0.1, 0.15) is 10.4 Å². The Hall–Kier alpha value is -3.43. The summed E-state index contributed by atoms with van der Waals surface area (Å²) in [5.74, 6) is 0.448. The van der Waals surface area contributed by atoms with Crippen molar-refractivity contribution >= 4 is 33.0 Å². The molecule has 172 valence electrons. The number of piperazine rings is 1. The summed E-state index contributed by atoms with van der Waals surface area (Å²) in [6, 6.07) is 17.4. The van der Waals surface area contributed by atoms with E-state index >= 15 is 0 Å². The number of hydrogen-bond donors (Lipinski definition) is 0. The zero-order valence-electron chi connectivity index (χ0n) is 18.1. The van der Waals surface area contributed by atoms with Gasteiger partial charge in [0, 0.05) is 31.7 Å². The van der Waals surface area contributed by atoms with Crippen molar-refractivity contribution in [3.05, 3.63) is 66.2 Å². The van der Waals surface area contributed by atoms with Crippen LogP contribution >= 0.6 is 0 Å². The maximum Gasteiger partial charge on any atom is 0.260 e. The second-order valence-corrected chi connectivity index (χ2v) is 9.55. The number of ether oxygens (including phenoxy) is 2. The van der Waals surface area contributed by atoms with Gasteiger partial charge in [-0.1, -0.05) is 30.3 Å². The fraction of sp³-hybridized carbons (Fsp3) is 0.250. The molecule has 0 atom stereocenters. The van der Waals surface area contributed by atoms with Gasteiger partial charge in [-0.15, -0.1) is 0 Å². The van der Waals surface area contributed by atoms with Gasteiger partial charge in [0.25, 0.3) is 5.91 Å². The third-order valence-electron chi connectivity index (χ3n) is 5.62. The van der Waals surface area contributed by atoms with Crippen molar-refractivity contribution in [1.29, 1.82) is 0 Å². The van der Waals surface area contributed by atoms with Gasteiger partial charge in [-0.25, -0.2) is 8.42 Å². The van der Waals surface area contributed by atoms with E-state index in [1.807, 2.05) is 24.3 Å². The monoisotopic (exact) mass is 468 g/mol. The lowest BCUT2D eigenvalue weighted by Gasteiger charge is -2.34. The molecule has 0 unspecified atom stereocenters. The SMILES string of the molecule is COc1ccc(C=O)cc1OCC(=O)N1CCN(S(=O)(=O)c2ccc3ccccc3c2)CC1. The van der Waals surface area contributed by atoms with Crippen molar-refractivity contribution in [2.45, 2.75) is 4.90 Å². The second kappa shape index (κ2) is 9.60. The standard InChI is InChI=1S/C24H24N2O6S/c1-31-22-9-6-18(16-27)14-23(22)32-17-24(28)25-10-12-26(13-11-25)33(29,30)21-8-7-19-4-2-3-5-20(19)15-21/h2-9,14-16H,10-13,17H2,1H3. The third kappa shape index (κ3) is 4.84. The molecule has 4 rings (SSSR count). The van der Waals surface area contributed by atoms with E-state index in [4.69, 9.17) is 9.47 Å². The Morgan fingerprint density at radius 3 is 2.36 bits per heavy atom. The Morgan fingerprint density at radius 1 is 0.939 bits per heavy atom. The molecule has 0 aromatic heterocycles. The third-order valence-corrected chi connectivity index (χ3v) is 7.52. The van der Waals surface area contributed by atoms with Crippen LogP contribution in [0.25, 0.3) is 10.8 Å².